The normalized spacial score (nSPS) is 11.6. The Hall–Kier alpha value is -1.85. The van der Waals surface area contributed by atoms with E-state index in [9.17, 15) is 9.90 Å². The average molecular weight is 336 g/mol. The molecular weight excluding hydrogens is 314 g/mol. The molecule has 0 fully saturated rings. The maximum Gasteiger partial charge on any atom is 0.253 e. The number of amides is 1. The highest BCUT2D eigenvalue weighted by atomic mass is 35.5. The number of hydrogen-bond acceptors (Lipinski definition) is 3. The molecule has 23 heavy (non-hydrogen) atoms. The van der Waals surface area contributed by atoms with Gasteiger partial charge in [-0.05, 0) is 52.0 Å². The number of aromatic nitrogens is 2. The summed E-state index contributed by atoms with van der Waals surface area (Å²) < 4.78 is 1.76. The molecular formula is C17H22ClN3O2. The second kappa shape index (κ2) is 6.34. The van der Waals surface area contributed by atoms with Crippen LogP contribution in [-0.4, -0.2) is 44.9 Å². The van der Waals surface area contributed by atoms with E-state index in [0.717, 1.165) is 17.1 Å². The number of rotatable bonds is 4. The third kappa shape index (κ3) is 3.92. The van der Waals surface area contributed by atoms with E-state index in [1.807, 2.05) is 26.0 Å². The number of aryl methyl sites for hydroxylation is 1. The SMILES string of the molecule is Cc1nn(-c2ccc(C(=O)N(C)CC(C)(C)O)cc2)c(C)c1Cl. The van der Waals surface area contributed by atoms with Gasteiger partial charge in [-0.2, -0.15) is 5.10 Å². The first kappa shape index (κ1) is 17.5. The minimum Gasteiger partial charge on any atom is -0.389 e. The molecule has 2 rings (SSSR count). The molecule has 2 aromatic rings. The Bertz CT molecular complexity index is 715. The second-order valence-corrected chi connectivity index (χ2v) is 6.80. The molecule has 0 atom stereocenters. The van der Waals surface area contributed by atoms with Crippen molar-refractivity contribution in [2.75, 3.05) is 13.6 Å². The fraction of sp³-hybridized carbons (Fsp3) is 0.412. The van der Waals surface area contributed by atoms with E-state index in [1.54, 1.807) is 37.7 Å². The Kier molecular flexibility index (Phi) is 4.82. The molecule has 6 heteroatoms. The summed E-state index contributed by atoms with van der Waals surface area (Å²) >= 11 is 6.17. The molecule has 0 saturated heterocycles. The van der Waals surface area contributed by atoms with E-state index < -0.39 is 5.60 Å². The van der Waals surface area contributed by atoms with Crippen molar-refractivity contribution in [1.82, 2.24) is 14.7 Å². The van der Waals surface area contributed by atoms with E-state index in [1.165, 1.54) is 4.90 Å². The van der Waals surface area contributed by atoms with Crippen molar-refractivity contribution in [3.05, 3.63) is 46.2 Å². The van der Waals surface area contributed by atoms with Crippen LogP contribution in [0.2, 0.25) is 5.02 Å². The maximum absolute atomic E-state index is 12.4. The summed E-state index contributed by atoms with van der Waals surface area (Å²) in [5, 5.41) is 14.9. The van der Waals surface area contributed by atoms with Crippen LogP contribution in [0.15, 0.2) is 24.3 Å². The largest absolute Gasteiger partial charge is 0.389 e. The zero-order valence-corrected chi connectivity index (χ0v) is 14.8. The lowest BCUT2D eigenvalue weighted by Crippen LogP contribution is -2.39. The lowest BCUT2D eigenvalue weighted by atomic mass is 10.1. The quantitative estimate of drug-likeness (QED) is 0.934. The van der Waals surface area contributed by atoms with Crippen LogP contribution in [0.4, 0.5) is 0 Å². The fourth-order valence-electron chi connectivity index (χ4n) is 2.49. The summed E-state index contributed by atoms with van der Waals surface area (Å²) in [6.45, 7) is 7.37. The molecule has 0 aliphatic carbocycles. The molecule has 1 aromatic heterocycles. The molecule has 0 saturated carbocycles. The number of aliphatic hydroxyl groups is 1. The molecule has 0 spiro atoms. The van der Waals surface area contributed by atoms with Crippen molar-refractivity contribution in [1.29, 1.82) is 0 Å². The molecule has 1 amide bonds. The Morgan fingerprint density at radius 1 is 1.30 bits per heavy atom. The molecule has 1 N–H and O–H groups in total. The molecule has 1 aromatic carbocycles. The molecule has 0 aliphatic rings. The number of hydrogen-bond donors (Lipinski definition) is 1. The van der Waals surface area contributed by atoms with Gasteiger partial charge in [-0.1, -0.05) is 11.6 Å². The Labute approximate surface area is 141 Å². The van der Waals surface area contributed by atoms with Crippen LogP contribution in [0.5, 0.6) is 0 Å². The van der Waals surface area contributed by atoms with Crippen molar-refractivity contribution in [3.63, 3.8) is 0 Å². The van der Waals surface area contributed by atoms with Crippen molar-refractivity contribution < 1.29 is 9.90 Å². The summed E-state index contributed by atoms with van der Waals surface area (Å²) in [4.78, 5) is 13.9. The van der Waals surface area contributed by atoms with Crippen molar-refractivity contribution in [2.45, 2.75) is 33.3 Å². The van der Waals surface area contributed by atoms with Gasteiger partial charge in [0.05, 0.1) is 27.7 Å². The molecule has 0 bridgehead atoms. The maximum atomic E-state index is 12.4. The number of likely N-dealkylation sites (N-methyl/N-ethyl adjacent to an activating group) is 1. The van der Waals surface area contributed by atoms with Gasteiger partial charge in [0, 0.05) is 19.2 Å². The zero-order valence-electron chi connectivity index (χ0n) is 14.1. The van der Waals surface area contributed by atoms with E-state index in [0.29, 0.717) is 10.6 Å². The number of carbonyl (C=O) groups excluding carboxylic acids is 1. The van der Waals surface area contributed by atoms with E-state index in [2.05, 4.69) is 5.10 Å². The highest BCUT2D eigenvalue weighted by molar-refractivity contribution is 6.31. The second-order valence-electron chi connectivity index (χ2n) is 6.42. The summed E-state index contributed by atoms with van der Waals surface area (Å²) in [6.07, 6.45) is 0. The van der Waals surface area contributed by atoms with Gasteiger partial charge in [-0.15, -0.1) is 0 Å². The number of benzene rings is 1. The van der Waals surface area contributed by atoms with Crippen molar-refractivity contribution >= 4 is 17.5 Å². The van der Waals surface area contributed by atoms with Crippen LogP contribution >= 0.6 is 11.6 Å². The minimum atomic E-state index is -0.926. The lowest BCUT2D eigenvalue weighted by Gasteiger charge is -2.25. The van der Waals surface area contributed by atoms with E-state index in [4.69, 9.17) is 11.6 Å². The minimum absolute atomic E-state index is 0.134. The Morgan fingerprint density at radius 3 is 2.30 bits per heavy atom. The summed E-state index contributed by atoms with van der Waals surface area (Å²) in [5.41, 5.74) is 2.12. The summed E-state index contributed by atoms with van der Waals surface area (Å²) in [5.74, 6) is -0.134. The van der Waals surface area contributed by atoms with Gasteiger partial charge in [-0.3, -0.25) is 4.79 Å². The molecule has 1 heterocycles. The first-order valence-corrected chi connectivity index (χ1v) is 7.78. The average Bonchev–Trinajstić information content (AvgIpc) is 2.72. The van der Waals surface area contributed by atoms with Crippen LogP contribution in [0.1, 0.15) is 35.6 Å². The van der Waals surface area contributed by atoms with Crippen molar-refractivity contribution in [3.8, 4) is 5.69 Å². The number of nitrogens with zero attached hydrogens (tertiary/aromatic N) is 3. The third-order valence-corrected chi connectivity index (χ3v) is 4.08. The van der Waals surface area contributed by atoms with Gasteiger partial charge in [0.15, 0.2) is 0 Å². The topological polar surface area (TPSA) is 58.4 Å². The summed E-state index contributed by atoms with van der Waals surface area (Å²) in [7, 11) is 1.68. The molecule has 5 nitrogen and oxygen atoms in total. The van der Waals surface area contributed by atoms with Crippen LogP contribution in [0, 0.1) is 13.8 Å². The summed E-state index contributed by atoms with van der Waals surface area (Å²) in [6, 6.07) is 7.17. The highest BCUT2D eigenvalue weighted by Gasteiger charge is 2.20. The molecule has 124 valence electrons. The monoisotopic (exact) mass is 335 g/mol. The van der Waals surface area contributed by atoms with Crippen LogP contribution in [-0.2, 0) is 0 Å². The first-order valence-electron chi connectivity index (χ1n) is 7.40. The van der Waals surface area contributed by atoms with Crippen LogP contribution in [0.25, 0.3) is 5.69 Å². The van der Waals surface area contributed by atoms with Gasteiger partial charge in [-0.25, -0.2) is 4.68 Å². The van der Waals surface area contributed by atoms with E-state index >= 15 is 0 Å². The van der Waals surface area contributed by atoms with E-state index in [-0.39, 0.29) is 12.5 Å². The van der Waals surface area contributed by atoms with Gasteiger partial charge < -0.3 is 10.0 Å². The van der Waals surface area contributed by atoms with Gasteiger partial charge >= 0.3 is 0 Å². The Morgan fingerprint density at radius 2 is 1.87 bits per heavy atom. The first-order chi connectivity index (χ1) is 10.6. The predicted molar refractivity (Wildman–Crippen MR) is 91.3 cm³/mol. The highest BCUT2D eigenvalue weighted by Crippen LogP contribution is 2.22. The smallest absolute Gasteiger partial charge is 0.253 e. The zero-order chi connectivity index (χ0) is 17.4. The molecule has 0 aliphatic heterocycles. The third-order valence-electron chi connectivity index (χ3n) is 3.53. The standard InChI is InChI=1S/C17H22ClN3O2/c1-11-15(18)12(2)21(19-11)14-8-6-13(7-9-14)16(22)20(5)10-17(3,4)23/h6-9,23H,10H2,1-5H3. The van der Waals surface area contributed by atoms with Gasteiger partial charge in [0.25, 0.3) is 5.91 Å². The number of halogens is 1. The molecule has 0 unspecified atom stereocenters. The van der Waals surface area contributed by atoms with Crippen LogP contribution in [0.3, 0.4) is 0 Å². The predicted octanol–water partition coefficient (Wildman–Crippen LogP) is 2.99. The number of carbonyl (C=O) groups is 1. The van der Waals surface area contributed by atoms with Crippen molar-refractivity contribution in [2.24, 2.45) is 0 Å². The van der Waals surface area contributed by atoms with Gasteiger partial charge in [0.1, 0.15) is 0 Å². The Balaban J connectivity index is 2.22. The van der Waals surface area contributed by atoms with Crippen LogP contribution < -0.4 is 0 Å². The lowest BCUT2D eigenvalue weighted by molar-refractivity contribution is 0.0368. The van der Waals surface area contributed by atoms with Gasteiger partial charge in [0.2, 0.25) is 0 Å². The molecule has 0 radical (unpaired) electrons. The fourth-order valence-corrected chi connectivity index (χ4v) is 2.61.